The summed E-state index contributed by atoms with van der Waals surface area (Å²) in [5.74, 6) is 1.68. The van der Waals surface area contributed by atoms with Crippen LogP contribution in [-0.4, -0.2) is 36.0 Å². The summed E-state index contributed by atoms with van der Waals surface area (Å²) in [5, 5.41) is 1.21. The molecule has 5 heteroatoms. The first-order valence-electron chi connectivity index (χ1n) is 10.3. The number of nitrogens with one attached hydrogen (secondary N) is 1. The van der Waals surface area contributed by atoms with E-state index in [4.69, 9.17) is 9.15 Å². The average molecular weight is 400 g/mol. The number of fused-ring (bicyclic) bond motifs is 1. The first-order chi connectivity index (χ1) is 14.7. The number of rotatable bonds is 4. The summed E-state index contributed by atoms with van der Waals surface area (Å²) in [6.45, 7) is 1.43. The van der Waals surface area contributed by atoms with Gasteiger partial charge < -0.3 is 19.0 Å². The minimum absolute atomic E-state index is 0.0297. The number of H-pyrrole nitrogens is 1. The molecule has 1 aliphatic heterocycles. The Labute approximate surface area is 175 Å². The fourth-order valence-electron chi connectivity index (χ4n) is 4.44. The molecule has 1 aliphatic rings. The minimum Gasteiger partial charge on any atom is -0.497 e. The normalized spacial score (nSPS) is 14.9. The Hall–Kier alpha value is -3.47. The van der Waals surface area contributed by atoms with E-state index in [1.54, 1.807) is 13.4 Å². The highest BCUT2D eigenvalue weighted by Crippen LogP contribution is 2.35. The zero-order valence-corrected chi connectivity index (χ0v) is 16.9. The molecule has 5 rings (SSSR count). The Morgan fingerprint density at radius 1 is 1.10 bits per heavy atom. The molecular formula is C25H24N2O3. The first kappa shape index (κ1) is 18.6. The van der Waals surface area contributed by atoms with Crippen LogP contribution in [0.2, 0.25) is 0 Å². The largest absolute Gasteiger partial charge is 0.497 e. The summed E-state index contributed by atoms with van der Waals surface area (Å²) >= 11 is 0. The lowest BCUT2D eigenvalue weighted by atomic mass is 9.89. The molecule has 2 aromatic heterocycles. The van der Waals surface area contributed by atoms with Gasteiger partial charge in [0, 0.05) is 35.8 Å². The van der Waals surface area contributed by atoms with Crippen molar-refractivity contribution in [1.29, 1.82) is 0 Å². The lowest BCUT2D eigenvalue weighted by molar-refractivity contribution is 0.0682. The number of amides is 1. The van der Waals surface area contributed by atoms with Crippen LogP contribution >= 0.6 is 0 Å². The van der Waals surface area contributed by atoms with Crippen LogP contribution in [0, 0.1) is 0 Å². The molecule has 4 aromatic rings. The quantitative estimate of drug-likeness (QED) is 0.495. The number of hydrogen-bond donors (Lipinski definition) is 1. The predicted octanol–water partition coefficient (Wildman–Crippen LogP) is 5.46. The van der Waals surface area contributed by atoms with Crippen molar-refractivity contribution in [3.63, 3.8) is 0 Å². The third-order valence-corrected chi connectivity index (χ3v) is 6.09. The predicted molar refractivity (Wildman–Crippen MR) is 117 cm³/mol. The standard InChI is InChI=1S/C25H24N2O3/c1-29-19-7-8-23-21(15-19)22(16-26-23)18-9-12-27(13-10-18)25(28)24-20(11-14-30-24)17-5-3-2-4-6-17/h2-8,11,14-16,18,26H,9-10,12-13H2,1H3. The Bertz CT molecular complexity index is 1170. The van der Waals surface area contributed by atoms with E-state index in [2.05, 4.69) is 23.3 Å². The molecule has 1 N–H and O–H groups in total. The van der Waals surface area contributed by atoms with Gasteiger partial charge in [-0.3, -0.25) is 4.79 Å². The molecule has 1 amide bonds. The fraction of sp³-hybridized carbons (Fsp3) is 0.240. The summed E-state index contributed by atoms with van der Waals surface area (Å²) in [4.78, 5) is 18.4. The van der Waals surface area contributed by atoms with E-state index in [1.165, 1.54) is 10.9 Å². The average Bonchev–Trinajstić information content (AvgIpc) is 3.46. The van der Waals surface area contributed by atoms with Gasteiger partial charge in [0.2, 0.25) is 0 Å². The van der Waals surface area contributed by atoms with Crippen molar-refractivity contribution in [3.8, 4) is 16.9 Å². The molecule has 152 valence electrons. The monoisotopic (exact) mass is 400 g/mol. The maximum absolute atomic E-state index is 13.2. The Balaban J connectivity index is 1.32. The van der Waals surface area contributed by atoms with E-state index in [0.29, 0.717) is 11.7 Å². The van der Waals surface area contributed by atoms with Gasteiger partial charge in [0.05, 0.1) is 13.4 Å². The lowest BCUT2D eigenvalue weighted by Crippen LogP contribution is -2.37. The van der Waals surface area contributed by atoms with Crippen molar-refractivity contribution in [1.82, 2.24) is 9.88 Å². The number of aromatic amines is 1. The molecular weight excluding hydrogens is 376 g/mol. The molecule has 0 unspecified atom stereocenters. The SMILES string of the molecule is COc1ccc2[nH]cc(C3CCN(C(=O)c4occc4-c4ccccc4)CC3)c2c1. The zero-order chi connectivity index (χ0) is 20.5. The van der Waals surface area contributed by atoms with E-state index >= 15 is 0 Å². The number of nitrogens with zero attached hydrogens (tertiary/aromatic N) is 1. The van der Waals surface area contributed by atoms with Gasteiger partial charge in [-0.2, -0.15) is 0 Å². The van der Waals surface area contributed by atoms with Crippen LogP contribution in [0.5, 0.6) is 5.75 Å². The summed E-state index contributed by atoms with van der Waals surface area (Å²) in [7, 11) is 1.69. The first-order valence-corrected chi connectivity index (χ1v) is 10.3. The van der Waals surface area contributed by atoms with Crippen molar-refractivity contribution in [2.45, 2.75) is 18.8 Å². The molecule has 0 spiro atoms. The second-order valence-electron chi connectivity index (χ2n) is 7.75. The number of ether oxygens (including phenoxy) is 1. The third-order valence-electron chi connectivity index (χ3n) is 6.09. The molecule has 0 bridgehead atoms. The fourth-order valence-corrected chi connectivity index (χ4v) is 4.44. The number of methoxy groups -OCH3 is 1. The van der Waals surface area contributed by atoms with Crippen LogP contribution in [0.25, 0.3) is 22.0 Å². The van der Waals surface area contributed by atoms with Crippen LogP contribution in [0.4, 0.5) is 0 Å². The number of likely N-dealkylation sites (tertiary alicyclic amines) is 1. The Morgan fingerprint density at radius 2 is 1.90 bits per heavy atom. The second kappa shape index (κ2) is 7.75. The maximum atomic E-state index is 13.2. The second-order valence-corrected chi connectivity index (χ2v) is 7.75. The molecule has 5 nitrogen and oxygen atoms in total. The molecule has 0 saturated carbocycles. The van der Waals surface area contributed by atoms with Crippen molar-refractivity contribution in [3.05, 3.63) is 78.4 Å². The maximum Gasteiger partial charge on any atom is 0.290 e. The summed E-state index contributed by atoms with van der Waals surface area (Å²) in [5.41, 5.74) is 4.27. The number of carbonyl (C=O) groups excluding carboxylic acids is 1. The van der Waals surface area contributed by atoms with Crippen LogP contribution in [0.3, 0.4) is 0 Å². The van der Waals surface area contributed by atoms with Gasteiger partial charge in [-0.25, -0.2) is 0 Å². The number of aromatic nitrogens is 1. The molecule has 0 atom stereocenters. The van der Waals surface area contributed by atoms with Crippen molar-refractivity contribution < 1.29 is 13.9 Å². The van der Waals surface area contributed by atoms with Gasteiger partial charge >= 0.3 is 0 Å². The van der Waals surface area contributed by atoms with E-state index in [0.717, 1.165) is 48.3 Å². The smallest absolute Gasteiger partial charge is 0.290 e. The van der Waals surface area contributed by atoms with E-state index < -0.39 is 0 Å². The third kappa shape index (κ3) is 3.26. The number of carbonyl (C=O) groups is 1. The van der Waals surface area contributed by atoms with Gasteiger partial charge in [0.1, 0.15) is 5.75 Å². The van der Waals surface area contributed by atoms with Crippen LogP contribution in [-0.2, 0) is 0 Å². The van der Waals surface area contributed by atoms with Crippen LogP contribution in [0.15, 0.2) is 71.5 Å². The Kier molecular flexibility index (Phi) is 4.79. The zero-order valence-electron chi connectivity index (χ0n) is 16.9. The van der Waals surface area contributed by atoms with Crippen molar-refractivity contribution in [2.75, 3.05) is 20.2 Å². The molecule has 30 heavy (non-hydrogen) atoms. The number of piperidine rings is 1. The molecule has 1 saturated heterocycles. The summed E-state index contributed by atoms with van der Waals surface area (Å²) in [6, 6.07) is 17.9. The lowest BCUT2D eigenvalue weighted by Gasteiger charge is -2.31. The van der Waals surface area contributed by atoms with Gasteiger partial charge in [-0.15, -0.1) is 0 Å². The van der Waals surface area contributed by atoms with Crippen LogP contribution in [0.1, 0.15) is 34.9 Å². The number of hydrogen-bond acceptors (Lipinski definition) is 3. The van der Waals surface area contributed by atoms with E-state index in [1.807, 2.05) is 47.4 Å². The molecule has 0 aliphatic carbocycles. The Morgan fingerprint density at radius 3 is 2.67 bits per heavy atom. The van der Waals surface area contributed by atoms with Crippen LogP contribution < -0.4 is 4.74 Å². The number of benzene rings is 2. The van der Waals surface area contributed by atoms with E-state index in [9.17, 15) is 4.79 Å². The van der Waals surface area contributed by atoms with Gasteiger partial charge in [0.25, 0.3) is 5.91 Å². The molecule has 1 fully saturated rings. The highest BCUT2D eigenvalue weighted by atomic mass is 16.5. The minimum atomic E-state index is -0.0297. The molecule has 3 heterocycles. The van der Waals surface area contributed by atoms with Crippen molar-refractivity contribution in [2.24, 2.45) is 0 Å². The summed E-state index contributed by atoms with van der Waals surface area (Å²) < 4.78 is 11.0. The van der Waals surface area contributed by atoms with Gasteiger partial charge in [-0.1, -0.05) is 30.3 Å². The number of furan rings is 1. The van der Waals surface area contributed by atoms with Gasteiger partial charge in [-0.05, 0) is 54.2 Å². The van der Waals surface area contributed by atoms with Crippen molar-refractivity contribution >= 4 is 16.8 Å². The highest BCUT2D eigenvalue weighted by molar-refractivity contribution is 5.98. The highest BCUT2D eigenvalue weighted by Gasteiger charge is 2.29. The summed E-state index contributed by atoms with van der Waals surface area (Å²) in [6.07, 6.45) is 5.56. The molecule has 2 aromatic carbocycles. The topological polar surface area (TPSA) is 58.5 Å². The van der Waals surface area contributed by atoms with Gasteiger partial charge in [0.15, 0.2) is 5.76 Å². The molecule has 0 radical (unpaired) electrons. The van der Waals surface area contributed by atoms with E-state index in [-0.39, 0.29) is 5.91 Å².